The Bertz CT molecular complexity index is 692. The van der Waals surface area contributed by atoms with Crippen LogP contribution in [0.5, 0.6) is 0 Å². The van der Waals surface area contributed by atoms with Crippen LogP contribution < -0.4 is 5.32 Å². The van der Waals surface area contributed by atoms with Crippen LogP contribution in [0.25, 0.3) is 0 Å². The molecule has 1 aliphatic heterocycles. The molecular weight excluding hydrogens is 338 g/mol. The predicted molar refractivity (Wildman–Crippen MR) is 97.5 cm³/mol. The molecule has 4 nitrogen and oxygen atoms in total. The molecule has 0 unspecified atom stereocenters. The van der Waals surface area contributed by atoms with E-state index in [9.17, 15) is 4.79 Å². The predicted octanol–water partition coefficient (Wildman–Crippen LogP) is 3.37. The van der Waals surface area contributed by atoms with Crippen LogP contribution in [0.2, 0.25) is 5.02 Å². The van der Waals surface area contributed by atoms with Crippen molar-refractivity contribution in [3.05, 3.63) is 70.7 Å². The Morgan fingerprint density at radius 1 is 1.16 bits per heavy atom. The fourth-order valence-electron chi connectivity index (χ4n) is 2.91. The van der Waals surface area contributed by atoms with Gasteiger partial charge in [-0.15, -0.1) is 0 Å². The van der Waals surface area contributed by atoms with Gasteiger partial charge in [0.25, 0.3) is 0 Å². The number of carbonyl (C=O) groups excluding carboxylic acids is 1. The first-order valence-corrected chi connectivity index (χ1v) is 8.85. The third-order valence-corrected chi connectivity index (χ3v) is 4.45. The number of amides is 1. The molecule has 1 saturated heterocycles. The van der Waals surface area contributed by atoms with Gasteiger partial charge in [-0.3, -0.25) is 4.79 Å². The van der Waals surface area contributed by atoms with Gasteiger partial charge >= 0.3 is 0 Å². The topological polar surface area (TPSA) is 47.6 Å². The molecule has 1 amide bonds. The zero-order valence-electron chi connectivity index (χ0n) is 14.0. The highest BCUT2D eigenvalue weighted by Crippen LogP contribution is 2.15. The van der Waals surface area contributed by atoms with Crippen LogP contribution in [0.4, 0.5) is 0 Å². The maximum absolute atomic E-state index is 12.4. The van der Waals surface area contributed by atoms with Crippen molar-refractivity contribution in [1.29, 1.82) is 0 Å². The molecule has 0 bridgehead atoms. The quantitative estimate of drug-likeness (QED) is 0.860. The molecule has 0 saturated carbocycles. The van der Waals surface area contributed by atoms with Gasteiger partial charge in [0.05, 0.1) is 25.7 Å². The summed E-state index contributed by atoms with van der Waals surface area (Å²) in [5.74, 6) is -0.0255. The van der Waals surface area contributed by atoms with Gasteiger partial charge in [0, 0.05) is 11.6 Å². The van der Waals surface area contributed by atoms with E-state index < -0.39 is 0 Å². The molecule has 0 aliphatic carbocycles. The Hall–Kier alpha value is -1.88. The molecule has 1 N–H and O–H groups in total. The lowest BCUT2D eigenvalue weighted by Gasteiger charge is -2.32. The Labute approximate surface area is 153 Å². The number of hydrogen-bond donors (Lipinski definition) is 1. The smallest absolute Gasteiger partial charge is 0.224 e. The Balaban J connectivity index is 1.54. The summed E-state index contributed by atoms with van der Waals surface area (Å²) >= 11 is 5.97. The minimum absolute atomic E-state index is 0.0255. The minimum Gasteiger partial charge on any atom is -0.379 e. The molecule has 0 spiro atoms. The highest BCUT2D eigenvalue weighted by Gasteiger charge is 2.28. The van der Waals surface area contributed by atoms with Gasteiger partial charge < -0.3 is 14.8 Å². The zero-order valence-corrected chi connectivity index (χ0v) is 14.7. The lowest BCUT2D eigenvalue weighted by atomic mass is 10.0. The Kier molecular flexibility index (Phi) is 6.45. The number of ether oxygens (including phenoxy) is 2. The second-order valence-corrected chi connectivity index (χ2v) is 6.62. The van der Waals surface area contributed by atoms with Crippen LogP contribution in [-0.4, -0.2) is 31.3 Å². The van der Waals surface area contributed by atoms with E-state index in [1.165, 1.54) is 0 Å². The maximum Gasteiger partial charge on any atom is 0.224 e. The standard InChI is InChI=1S/C20H22ClNO3/c21-17-8-4-7-16(11-17)12-20(23)22-18-9-10-24-14-19(18)25-13-15-5-2-1-3-6-15/h1-8,11,18-19H,9-10,12-14H2,(H,22,23)/t18-,19-/m1/s1. The van der Waals surface area contributed by atoms with E-state index in [4.69, 9.17) is 21.1 Å². The molecule has 1 fully saturated rings. The van der Waals surface area contributed by atoms with Crippen molar-refractivity contribution in [2.45, 2.75) is 31.6 Å². The summed E-state index contributed by atoms with van der Waals surface area (Å²) in [5, 5.41) is 3.73. The number of hydrogen-bond acceptors (Lipinski definition) is 3. The first-order chi connectivity index (χ1) is 12.2. The van der Waals surface area contributed by atoms with Crippen molar-refractivity contribution in [3.63, 3.8) is 0 Å². The molecule has 0 radical (unpaired) electrons. The summed E-state index contributed by atoms with van der Waals surface area (Å²) in [5.41, 5.74) is 2.01. The minimum atomic E-state index is -0.141. The van der Waals surface area contributed by atoms with Crippen LogP contribution in [0.15, 0.2) is 54.6 Å². The van der Waals surface area contributed by atoms with Gasteiger partial charge in [0.15, 0.2) is 0 Å². The van der Waals surface area contributed by atoms with E-state index in [2.05, 4.69) is 5.32 Å². The molecule has 1 aliphatic rings. The van der Waals surface area contributed by atoms with Crippen molar-refractivity contribution < 1.29 is 14.3 Å². The van der Waals surface area contributed by atoms with E-state index in [1.54, 1.807) is 6.07 Å². The lowest BCUT2D eigenvalue weighted by Crippen LogP contribution is -2.50. The zero-order chi connectivity index (χ0) is 17.5. The maximum atomic E-state index is 12.4. The molecule has 25 heavy (non-hydrogen) atoms. The molecule has 132 valence electrons. The van der Waals surface area contributed by atoms with E-state index in [-0.39, 0.29) is 18.1 Å². The van der Waals surface area contributed by atoms with Crippen LogP contribution >= 0.6 is 11.6 Å². The summed E-state index contributed by atoms with van der Waals surface area (Å²) in [4.78, 5) is 12.4. The van der Waals surface area contributed by atoms with Crippen molar-refractivity contribution in [2.24, 2.45) is 0 Å². The van der Waals surface area contributed by atoms with Crippen LogP contribution in [0.3, 0.4) is 0 Å². The van der Waals surface area contributed by atoms with Gasteiger partial charge in [-0.05, 0) is 29.7 Å². The molecule has 2 aromatic rings. The highest BCUT2D eigenvalue weighted by molar-refractivity contribution is 6.30. The molecule has 2 aromatic carbocycles. The van der Waals surface area contributed by atoms with Gasteiger partial charge in [-0.2, -0.15) is 0 Å². The number of benzene rings is 2. The van der Waals surface area contributed by atoms with Gasteiger partial charge in [-0.1, -0.05) is 54.1 Å². The third kappa shape index (κ3) is 5.56. The largest absolute Gasteiger partial charge is 0.379 e. The fourth-order valence-corrected chi connectivity index (χ4v) is 3.12. The van der Waals surface area contributed by atoms with Gasteiger partial charge in [-0.25, -0.2) is 0 Å². The average molecular weight is 360 g/mol. The SMILES string of the molecule is O=C(Cc1cccc(Cl)c1)N[C@@H]1CCOC[C@H]1OCc1ccccc1. The first-order valence-electron chi connectivity index (χ1n) is 8.48. The summed E-state index contributed by atoms with van der Waals surface area (Å²) in [6, 6.07) is 17.3. The normalized spacial score (nSPS) is 20.2. The van der Waals surface area contributed by atoms with E-state index >= 15 is 0 Å². The van der Waals surface area contributed by atoms with E-state index in [0.29, 0.717) is 31.3 Å². The second-order valence-electron chi connectivity index (χ2n) is 6.18. The van der Waals surface area contributed by atoms with Gasteiger partial charge in [0.1, 0.15) is 6.10 Å². The summed E-state index contributed by atoms with van der Waals surface area (Å²) in [7, 11) is 0. The molecule has 3 rings (SSSR count). The van der Waals surface area contributed by atoms with Crippen molar-refractivity contribution in [2.75, 3.05) is 13.2 Å². The van der Waals surface area contributed by atoms with Crippen LogP contribution in [0.1, 0.15) is 17.5 Å². The summed E-state index contributed by atoms with van der Waals surface area (Å²) in [6.07, 6.45) is 0.918. The van der Waals surface area contributed by atoms with Gasteiger partial charge in [0.2, 0.25) is 5.91 Å². The van der Waals surface area contributed by atoms with E-state index in [1.807, 2.05) is 48.5 Å². The fraction of sp³-hybridized carbons (Fsp3) is 0.350. The molecular formula is C20H22ClNO3. The number of rotatable bonds is 6. The first kappa shape index (κ1) is 17.9. The molecule has 0 aromatic heterocycles. The van der Waals surface area contributed by atoms with Crippen molar-refractivity contribution in [1.82, 2.24) is 5.32 Å². The van der Waals surface area contributed by atoms with E-state index in [0.717, 1.165) is 17.5 Å². The lowest BCUT2D eigenvalue weighted by molar-refractivity contribution is -0.126. The number of carbonyl (C=O) groups is 1. The van der Waals surface area contributed by atoms with Crippen LogP contribution in [-0.2, 0) is 27.3 Å². The molecule has 1 heterocycles. The highest BCUT2D eigenvalue weighted by atomic mass is 35.5. The molecule has 2 atom stereocenters. The Morgan fingerprint density at radius 2 is 1.96 bits per heavy atom. The second kappa shape index (κ2) is 8.99. The Morgan fingerprint density at radius 3 is 2.76 bits per heavy atom. The summed E-state index contributed by atoms with van der Waals surface area (Å²) in [6.45, 7) is 1.64. The monoisotopic (exact) mass is 359 g/mol. The van der Waals surface area contributed by atoms with Crippen molar-refractivity contribution in [3.8, 4) is 0 Å². The molecule has 5 heteroatoms. The average Bonchev–Trinajstić information content (AvgIpc) is 2.62. The number of halogens is 1. The third-order valence-electron chi connectivity index (χ3n) is 4.21. The van der Waals surface area contributed by atoms with Crippen LogP contribution in [0, 0.1) is 0 Å². The summed E-state index contributed by atoms with van der Waals surface area (Å²) < 4.78 is 11.5. The number of nitrogens with one attached hydrogen (secondary N) is 1. The van der Waals surface area contributed by atoms with Crippen molar-refractivity contribution >= 4 is 17.5 Å².